The van der Waals surface area contributed by atoms with Crippen LogP contribution in [0.3, 0.4) is 0 Å². The molecule has 2 aromatic rings. The number of aryl methyl sites for hydroxylation is 1. The molecular weight excluding hydrogens is 381 g/mol. The number of fused-ring (bicyclic) bond motifs is 1. The van der Waals surface area contributed by atoms with Crippen LogP contribution in [0.15, 0.2) is 18.2 Å². The summed E-state index contributed by atoms with van der Waals surface area (Å²) in [5.41, 5.74) is 4.55. The number of nitrogens with zero attached hydrogens (tertiary/aromatic N) is 2. The zero-order chi connectivity index (χ0) is 18.1. The lowest BCUT2D eigenvalue weighted by atomic mass is 9.93. The van der Waals surface area contributed by atoms with Gasteiger partial charge in [0.15, 0.2) is 0 Å². The molecule has 0 bridgehead atoms. The van der Waals surface area contributed by atoms with Crippen molar-refractivity contribution in [2.45, 2.75) is 19.3 Å². The first-order valence-electron chi connectivity index (χ1n) is 7.95. The SMILES string of the molecule is CNCCN1Cc2nc(C)c(CCl)c(-c3ccc(Cl)cc3Cl)c2C1=O. The van der Waals surface area contributed by atoms with E-state index in [0.717, 1.165) is 34.6 Å². The molecule has 4 nitrogen and oxygen atoms in total. The lowest BCUT2D eigenvalue weighted by molar-refractivity contribution is 0.0780. The van der Waals surface area contributed by atoms with E-state index >= 15 is 0 Å². The number of likely N-dealkylation sites (N-methyl/N-ethyl adjacent to an activating group) is 1. The van der Waals surface area contributed by atoms with Gasteiger partial charge in [0.1, 0.15) is 0 Å². The molecular formula is C18H18Cl3N3O. The van der Waals surface area contributed by atoms with Gasteiger partial charge in [-0.25, -0.2) is 0 Å². The van der Waals surface area contributed by atoms with Crippen LogP contribution in [0.5, 0.6) is 0 Å². The number of alkyl halides is 1. The molecule has 132 valence electrons. The van der Waals surface area contributed by atoms with Crippen LogP contribution in [0.1, 0.15) is 27.3 Å². The summed E-state index contributed by atoms with van der Waals surface area (Å²) >= 11 is 18.7. The second kappa shape index (κ2) is 7.50. The third-order valence-corrected chi connectivity index (χ3v) is 5.20. The van der Waals surface area contributed by atoms with Gasteiger partial charge in [-0.1, -0.05) is 29.3 Å². The third-order valence-electron chi connectivity index (χ3n) is 4.39. The van der Waals surface area contributed by atoms with Gasteiger partial charge in [0, 0.05) is 45.8 Å². The Morgan fingerprint density at radius 3 is 2.68 bits per heavy atom. The molecule has 0 unspecified atom stereocenters. The monoisotopic (exact) mass is 397 g/mol. The van der Waals surface area contributed by atoms with Crippen LogP contribution in [-0.2, 0) is 12.4 Å². The molecule has 25 heavy (non-hydrogen) atoms. The van der Waals surface area contributed by atoms with E-state index in [1.807, 2.05) is 20.0 Å². The van der Waals surface area contributed by atoms with Crippen molar-refractivity contribution >= 4 is 40.7 Å². The van der Waals surface area contributed by atoms with Crippen molar-refractivity contribution in [3.05, 3.63) is 50.8 Å². The normalized spacial score (nSPS) is 13.5. The zero-order valence-electron chi connectivity index (χ0n) is 14.0. The first kappa shape index (κ1) is 18.5. The number of hydrogen-bond acceptors (Lipinski definition) is 3. The van der Waals surface area contributed by atoms with Gasteiger partial charge in [-0.3, -0.25) is 9.78 Å². The fourth-order valence-corrected chi connectivity index (χ4v) is 3.97. The summed E-state index contributed by atoms with van der Waals surface area (Å²) in [6.45, 7) is 3.75. The molecule has 7 heteroatoms. The average molecular weight is 399 g/mol. The molecule has 0 radical (unpaired) electrons. The Hall–Kier alpha value is -1.33. The Kier molecular flexibility index (Phi) is 5.54. The Labute approximate surface area is 162 Å². The van der Waals surface area contributed by atoms with Gasteiger partial charge in [0.25, 0.3) is 5.91 Å². The molecule has 0 spiro atoms. The van der Waals surface area contributed by atoms with Crippen molar-refractivity contribution in [2.75, 3.05) is 20.1 Å². The van der Waals surface area contributed by atoms with E-state index in [-0.39, 0.29) is 11.8 Å². The molecule has 3 rings (SSSR count). The average Bonchev–Trinajstić information content (AvgIpc) is 2.87. The minimum Gasteiger partial charge on any atom is -0.331 e. The predicted octanol–water partition coefficient (Wildman–Crippen LogP) is 4.28. The van der Waals surface area contributed by atoms with Crippen LogP contribution in [0.25, 0.3) is 11.1 Å². The number of halogens is 3. The van der Waals surface area contributed by atoms with Crippen LogP contribution in [0, 0.1) is 6.92 Å². The first-order valence-corrected chi connectivity index (χ1v) is 9.24. The van der Waals surface area contributed by atoms with E-state index in [0.29, 0.717) is 28.7 Å². The molecule has 0 saturated heterocycles. The number of amides is 1. The topological polar surface area (TPSA) is 45.2 Å². The smallest absolute Gasteiger partial charge is 0.256 e. The van der Waals surface area contributed by atoms with Gasteiger partial charge in [0.05, 0.1) is 17.8 Å². The largest absolute Gasteiger partial charge is 0.331 e. The Morgan fingerprint density at radius 2 is 2.04 bits per heavy atom. The molecule has 1 N–H and O–H groups in total. The standard InChI is InChI=1S/C18H18Cl3N3O/c1-10-13(8-19)16(12-4-3-11(20)7-14(12)21)17-15(23-10)9-24(18(17)25)6-5-22-2/h3-4,7,22H,5-6,8-9H2,1-2H3. The van der Waals surface area contributed by atoms with E-state index < -0.39 is 0 Å². The number of nitrogens with one attached hydrogen (secondary N) is 1. The number of aromatic nitrogens is 1. The summed E-state index contributed by atoms with van der Waals surface area (Å²) in [7, 11) is 1.86. The zero-order valence-corrected chi connectivity index (χ0v) is 16.3. The summed E-state index contributed by atoms with van der Waals surface area (Å²) < 4.78 is 0. The lowest BCUT2D eigenvalue weighted by Crippen LogP contribution is -2.31. The summed E-state index contributed by atoms with van der Waals surface area (Å²) in [4.78, 5) is 19.4. The number of hydrogen-bond donors (Lipinski definition) is 1. The highest BCUT2D eigenvalue weighted by molar-refractivity contribution is 6.36. The summed E-state index contributed by atoms with van der Waals surface area (Å²) in [6, 6.07) is 5.28. The Bertz CT molecular complexity index is 839. The summed E-state index contributed by atoms with van der Waals surface area (Å²) in [6.07, 6.45) is 0. The van der Waals surface area contributed by atoms with Crippen LogP contribution in [0.4, 0.5) is 0 Å². The molecule has 0 saturated carbocycles. The molecule has 1 amide bonds. The molecule has 1 aromatic heterocycles. The van der Waals surface area contributed by atoms with E-state index in [1.165, 1.54) is 0 Å². The highest BCUT2D eigenvalue weighted by Gasteiger charge is 2.34. The summed E-state index contributed by atoms with van der Waals surface area (Å²) in [5.74, 6) is 0.217. The minimum absolute atomic E-state index is 0.0369. The van der Waals surface area contributed by atoms with Crippen LogP contribution in [-0.4, -0.2) is 35.9 Å². The van der Waals surface area contributed by atoms with Crippen molar-refractivity contribution in [2.24, 2.45) is 0 Å². The van der Waals surface area contributed by atoms with Crippen molar-refractivity contribution in [1.82, 2.24) is 15.2 Å². The fraction of sp³-hybridized carbons (Fsp3) is 0.333. The number of rotatable bonds is 5. The van der Waals surface area contributed by atoms with E-state index in [2.05, 4.69) is 10.3 Å². The second-order valence-electron chi connectivity index (χ2n) is 5.96. The predicted molar refractivity (Wildman–Crippen MR) is 103 cm³/mol. The number of carbonyl (C=O) groups is 1. The Morgan fingerprint density at radius 1 is 1.28 bits per heavy atom. The molecule has 0 fully saturated rings. The third kappa shape index (κ3) is 3.36. The van der Waals surface area contributed by atoms with Gasteiger partial charge in [-0.15, -0.1) is 11.6 Å². The molecule has 2 heterocycles. The molecule has 0 atom stereocenters. The van der Waals surface area contributed by atoms with Crippen molar-refractivity contribution in [3.8, 4) is 11.1 Å². The lowest BCUT2D eigenvalue weighted by Gasteiger charge is -2.16. The van der Waals surface area contributed by atoms with E-state index in [4.69, 9.17) is 34.8 Å². The van der Waals surface area contributed by atoms with Crippen LogP contribution >= 0.6 is 34.8 Å². The minimum atomic E-state index is -0.0369. The molecule has 1 aromatic carbocycles. The van der Waals surface area contributed by atoms with Crippen LogP contribution in [0.2, 0.25) is 10.0 Å². The van der Waals surface area contributed by atoms with Gasteiger partial charge < -0.3 is 10.2 Å². The maximum absolute atomic E-state index is 13.0. The quantitative estimate of drug-likeness (QED) is 0.765. The number of pyridine rings is 1. The van der Waals surface area contributed by atoms with E-state index in [9.17, 15) is 4.79 Å². The van der Waals surface area contributed by atoms with Gasteiger partial charge in [0.2, 0.25) is 0 Å². The van der Waals surface area contributed by atoms with Gasteiger partial charge in [-0.05, 0) is 31.7 Å². The fourth-order valence-electron chi connectivity index (χ4n) is 3.14. The van der Waals surface area contributed by atoms with Crippen molar-refractivity contribution < 1.29 is 4.79 Å². The highest BCUT2D eigenvalue weighted by Crippen LogP contribution is 2.40. The molecule has 1 aliphatic heterocycles. The molecule has 1 aliphatic rings. The maximum Gasteiger partial charge on any atom is 0.256 e. The number of benzene rings is 1. The highest BCUT2D eigenvalue weighted by atomic mass is 35.5. The maximum atomic E-state index is 13.0. The van der Waals surface area contributed by atoms with Gasteiger partial charge >= 0.3 is 0 Å². The Balaban J connectivity index is 2.21. The number of carbonyl (C=O) groups excluding carboxylic acids is 1. The van der Waals surface area contributed by atoms with Gasteiger partial charge in [-0.2, -0.15) is 0 Å². The van der Waals surface area contributed by atoms with Crippen molar-refractivity contribution in [1.29, 1.82) is 0 Å². The summed E-state index contributed by atoms with van der Waals surface area (Å²) in [5, 5.41) is 4.11. The van der Waals surface area contributed by atoms with Crippen LogP contribution < -0.4 is 5.32 Å². The second-order valence-corrected chi connectivity index (χ2v) is 7.07. The molecule has 0 aliphatic carbocycles. The van der Waals surface area contributed by atoms with E-state index in [1.54, 1.807) is 17.0 Å². The first-order chi connectivity index (χ1) is 12.0. The van der Waals surface area contributed by atoms with Crippen molar-refractivity contribution in [3.63, 3.8) is 0 Å².